The molecule has 0 radical (unpaired) electrons. The molecule has 0 fully saturated rings. The van der Waals surface area contributed by atoms with Crippen LogP contribution in [0.1, 0.15) is 12.5 Å². The smallest absolute Gasteiger partial charge is 0.230 e. The third-order valence-corrected chi connectivity index (χ3v) is 4.89. The van der Waals surface area contributed by atoms with E-state index in [9.17, 15) is 4.79 Å². The monoisotopic (exact) mass is 383 g/mol. The Bertz CT molecular complexity index is 898. The van der Waals surface area contributed by atoms with E-state index in [0.29, 0.717) is 6.54 Å². The van der Waals surface area contributed by atoms with Gasteiger partial charge in [-0.1, -0.05) is 23.9 Å². The van der Waals surface area contributed by atoms with Gasteiger partial charge in [-0.3, -0.25) is 9.78 Å². The van der Waals surface area contributed by atoms with Crippen molar-refractivity contribution >= 4 is 17.7 Å². The van der Waals surface area contributed by atoms with E-state index in [4.69, 9.17) is 4.74 Å². The molecule has 3 rings (SSSR count). The molecule has 1 N–H and O–H groups in total. The largest absolute Gasteiger partial charge is 0.497 e. The van der Waals surface area contributed by atoms with Gasteiger partial charge >= 0.3 is 0 Å². The number of amides is 1. The van der Waals surface area contributed by atoms with Crippen molar-refractivity contribution in [3.63, 3.8) is 0 Å². The van der Waals surface area contributed by atoms with Crippen molar-refractivity contribution in [2.24, 2.45) is 0 Å². The van der Waals surface area contributed by atoms with Crippen LogP contribution < -0.4 is 10.1 Å². The van der Waals surface area contributed by atoms with Crippen LogP contribution >= 0.6 is 11.8 Å². The first kappa shape index (κ1) is 18.9. The number of carbonyl (C=O) groups is 1. The number of hydrogen-bond donors (Lipinski definition) is 1. The number of rotatable bonds is 8. The Kier molecular flexibility index (Phi) is 6.43. The van der Waals surface area contributed by atoms with Crippen LogP contribution in [0.25, 0.3) is 11.4 Å². The van der Waals surface area contributed by atoms with Gasteiger partial charge in [-0.25, -0.2) is 0 Å². The highest BCUT2D eigenvalue weighted by atomic mass is 32.2. The minimum Gasteiger partial charge on any atom is -0.497 e. The highest BCUT2D eigenvalue weighted by Gasteiger charge is 2.14. The van der Waals surface area contributed by atoms with Crippen molar-refractivity contribution in [2.75, 3.05) is 12.9 Å². The van der Waals surface area contributed by atoms with Gasteiger partial charge in [-0.2, -0.15) is 0 Å². The van der Waals surface area contributed by atoms with Crippen molar-refractivity contribution in [3.8, 4) is 17.1 Å². The predicted octanol–water partition coefficient (Wildman–Crippen LogP) is 2.78. The Labute approximate surface area is 162 Å². The Balaban J connectivity index is 1.58. The summed E-state index contributed by atoms with van der Waals surface area (Å²) in [6, 6.07) is 11.4. The lowest BCUT2D eigenvalue weighted by Gasteiger charge is -2.08. The van der Waals surface area contributed by atoms with Crippen LogP contribution in [-0.4, -0.2) is 38.5 Å². The number of aromatic nitrogens is 4. The summed E-state index contributed by atoms with van der Waals surface area (Å²) in [6.07, 6.45) is 3.45. The molecule has 0 aliphatic carbocycles. The first-order chi connectivity index (χ1) is 13.2. The van der Waals surface area contributed by atoms with E-state index in [1.165, 1.54) is 11.8 Å². The average molecular weight is 383 g/mol. The van der Waals surface area contributed by atoms with Crippen LogP contribution in [0.5, 0.6) is 5.75 Å². The third kappa shape index (κ3) is 4.85. The number of thioether (sulfide) groups is 1. The van der Waals surface area contributed by atoms with Gasteiger partial charge in [0.05, 0.1) is 12.9 Å². The van der Waals surface area contributed by atoms with Gasteiger partial charge in [0.25, 0.3) is 0 Å². The van der Waals surface area contributed by atoms with Crippen LogP contribution in [0.15, 0.2) is 53.9 Å². The second-order valence-corrected chi connectivity index (χ2v) is 6.65. The molecule has 2 aromatic heterocycles. The molecule has 0 aliphatic heterocycles. The summed E-state index contributed by atoms with van der Waals surface area (Å²) < 4.78 is 7.19. The topological polar surface area (TPSA) is 81.9 Å². The standard InChI is InChI=1S/C19H21N5O2S/c1-3-24-18(15-7-9-20-10-8-15)22-23-19(24)27-13-17(25)21-12-14-5-4-6-16(11-14)26-2/h4-11H,3,12-13H2,1-2H3,(H,21,25). The molecule has 1 aromatic carbocycles. The fourth-order valence-electron chi connectivity index (χ4n) is 2.56. The molecule has 0 aliphatic rings. The number of nitrogens with zero attached hydrogens (tertiary/aromatic N) is 4. The SMILES string of the molecule is CCn1c(SCC(=O)NCc2cccc(OC)c2)nnc1-c1ccncc1. The Morgan fingerprint density at radius 2 is 2.04 bits per heavy atom. The summed E-state index contributed by atoms with van der Waals surface area (Å²) in [6.45, 7) is 3.21. The third-order valence-electron chi connectivity index (χ3n) is 3.93. The minimum absolute atomic E-state index is 0.0565. The van der Waals surface area contributed by atoms with Crippen LogP contribution in [0.4, 0.5) is 0 Å². The van der Waals surface area contributed by atoms with Gasteiger partial charge in [-0.05, 0) is 36.8 Å². The molecule has 2 heterocycles. The number of carbonyl (C=O) groups excluding carboxylic acids is 1. The molecule has 3 aromatic rings. The van der Waals surface area contributed by atoms with E-state index in [1.807, 2.05) is 47.9 Å². The molecule has 0 unspecified atom stereocenters. The molecule has 0 spiro atoms. The van der Waals surface area contributed by atoms with Gasteiger partial charge in [0, 0.05) is 31.0 Å². The quantitative estimate of drug-likeness (QED) is 0.603. The molecule has 0 saturated heterocycles. The summed E-state index contributed by atoms with van der Waals surface area (Å²) in [5.74, 6) is 1.77. The fourth-order valence-corrected chi connectivity index (χ4v) is 3.39. The summed E-state index contributed by atoms with van der Waals surface area (Å²) in [4.78, 5) is 16.2. The molecule has 7 nitrogen and oxygen atoms in total. The molecule has 8 heteroatoms. The maximum absolute atomic E-state index is 12.2. The highest BCUT2D eigenvalue weighted by molar-refractivity contribution is 7.99. The zero-order valence-electron chi connectivity index (χ0n) is 15.3. The Morgan fingerprint density at radius 3 is 2.78 bits per heavy atom. The molecule has 1 amide bonds. The number of benzene rings is 1. The van der Waals surface area contributed by atoms with Crippen LogP contribution in [0.2, 0.25) is 0 Å². The average Bonchev–Trinajstić information content (AvgIpc) is 3.14. The van der Waals surface area contributed by atoms with E-state index in [0.717, 1.165) is 34.4 Å². The summed E-state index contributed by atoms with van der Waals surface area (Å²) in [5.41, 5.74) is 1.94. The Hall–Kier alpha value is -2.87. The maximum atomic E-state index is 12.2. The lowest BCUT2D eigenvalue weighted by molar-refractivity contribution is -0.118. The van der Waals surface area contributed by atoms with Gasteiger partial charge in [-0.15, -0.1) is 10.2 Å². The lowest BCUT2D eigenvalue weighted by Crippen LogP contribution is -2.24. The van der Waals surface area contributed by atoms with E-state index in [1.54, 1.807) is 19.5 Å². The lowest BCUT2D eigenvalue weighted by atomic mass is 10.2. The van der Waals surface area contributed by atoms with Crippen molar-refractivity contribution in [3.05, 3.63) is 54.4 Å². The van der Waals surface area contributed by atoms with Gasteiger partial charge in [0.2, 0.25) is 5.91 Å². The van der Waals surface area contributed by atoms with Crippen molar-refractivity contribution < 1.29 is 9.53 Å². The van der Waals surface area contributed by atoms with Crippen molar-refractivity contribution in [1.82, 2.24) is 25.1 Å². The summed E-state index contributed by atoms with van der Waals surface area (Å²) in [5, 5.41) is 12.1. The zero-order chi connectivity index (χ0) is 19.1. The second-order valence-electron chi connectivity index (χ2n) is 5.70. The van der Waals surface area contributed by atoms with Crippen molar-refractivity contribution in [2.45, 2.75) is 25.2 Å². The predicted molar refractivity (Wildman–Crippen MR) is 104 cm³/mol. The molecule has 27 heavy (non-hydrogen) atoms. The number of nitrogens with one attached hydrogen (secondary N) is 1. The molecule has 0 bridgehead atoms. The highest BCUT2D eigenvalue weighted by Crippen LogP contribution is 2.23. The van der Waals surface area contributed by atoms with Gasteiger partial charge in [0.15, 0.2) is 11.0 Å². The Morgan fingerprint density at radius 1 is 1.22 bits per heavy atom. The first-order valence-electron chi connectivity index (χ1n) is 8.57. The fraction of sp³-hybridized carbons (Fsp3) is 0.263. The normalized spacial score (nSPS) is 10.6. The van der Waals surface area contributed by atoms with E-state index >= 15 is 0 Å². The van der Waals surface area contributed by atoms with Crippen molar-refractivity contribution in [1.29, 1.82) is 0 Å². The summed E-state index contributed by atoms with van der Waals surface area (Å²) in [7, 11) is 1.62. The van der Waals surface area contributed by atoms with E-state index in [2.05, 4.69) is 20.5 Å². The first-order valence-corrected chi connectivity index (χ1v) is 9.56. The summed E-state index contributed by atoms with van der Waals surface area (Å²) >= 11 is 1.38. The molecule has 0 atom stereocenters. The zero-order valence-corrected chi connectivity index (χ0v) is 16.1. The number of pyridine rings is 1. The number of ether oxygens (including phenoxy) is 1. The maximum Gasteiger partial charge on any atom is 0.230 e. The molecule has 0 saturated carbocycles. The van der Waals surface area contributed by atoms with Crippen LogP contribution in [0.3, 0.4) is 0 Å². The van der Waals surface area contributed by atoms with E-state index in [-0.39, 0.29) is 11.7 Å². The van der Waals surface area contributed by atoms with Gasteiger partial charge in [0.1, 0.15) is 5.75 Å². The molecule has 140 valence electrons. The number of hydrogen-bond acceptors (Lipinski definition) is 6. The number of methoxy groups -OCH3 is 1. The van der Waals surface area contributed by atoms with Crippen LogP contribution in [-0.2, 0) is 17.9 Å². The molecular formula is C19H21N5O2S. The van der Waals surface area contributed by atoms with Gasteiger partial charge < -0.3 is 14.6 Å². The molecular weight excluding hydrogens is 362 g/mol. The van der Waals surface area contributed by atoms with E-state index < -0.39 is 0 Å². The van der Waals surface area contributed by atoms with Crippen LogP contribution in [0, 0.1) is 0 Å². The minimum atomic E-state index is -0.0565. The second kappa shape index (κ2) is 9.18.